The molecule has 1 aliphatic rings. The average molecular weight is 447 g/mol. The third-order valence-electron chi connectivity index (χ3n) is 5.74. The Morgan fingerprint density at radius 3 is 2.78 bits per heavy atom. The average Bonchev–Trinajstić information content (AvgIpc) is 3.28. The standard InChI is InChI=1S/C24H22N4O3S/c29-24(15-7-10-21(27-16-8-9-16)22(12-15)28(30)31)26-14-19(23-6-3-11-32-23)18-13-25-20-5-2-1-4-17(18)20/h1-7,10-13,16,19,25,27H,8-9,14H2,(H,26,29). The number of carbonyl (C=O) groups is 1. The van der Waals surface area contributed by atoms with Gasteiger partial charge >= 0.3 is 0 Å². The Bertz CT molecular complexity index is 1280. The smallest absolute Gasteiger partial charge is 0.293 e. The van der Waals surface area contributed by atoms with E-state index in [0.29, 0.717) is 12.2 Å². The van der Waals surface area contributed by atoms with Crippen LogP contribution in [0.4, 0.5) is 11.4 Å². The molecule has 8 heteroatoms. The summed E-state index contributed by atoms with van der Waals surface area (Å²) in [6.45, 7) is 0.386. The fourth-order valence-corrected chi connectivity index (χ4v) is 4.77. The predicted molar refractivity (Wildman–Crippen MR) is 127 cm³/mol. The van der Waals surface area contributed by atoms with Gasteiger partial charge in [0.25, 0.3) is 11.6 Å². The number of amides is 1. The lowest BCUT2D eigenvalue weighted by Crippen LogP contribution is -2.28. The molecule has 2 heterocycles. The Balaban J connectivity index is 1.38. The van der Waals surface area contributed by atoms with Gasteiger partial charge in [0.05, 0.1) is 4.92 Å². The van der Waals surface area contributed by atoms with E-state index >= 15 is 0 Å². The molecule has 0 radical (unpaired) electrons. The van der Waals surface area contributed by atoms with Crippen molar-refractivity contribution in [2.45, 2.75) is 24.8 Å². The van der Waals surface area contributed by atoms with Crippen LogP contribution in [-0.4, -0.2) is 28.4 Å². The van der Waals surface area contributed by atoms with Gasteiger partial charge in [0.2, 0.25) is 0 Å². The summed E-state index contributed by atoms with van der Waals surface area (Å²) in [6, 6.07) is 17.0. The molecule has 1 fully saturated rings. The van der Waals surface area contributed by atoms with Gasteiger partial charge in [-0.2, -0.15) is 0 Å². The molecule has 32 heavy (non-hydrogen) atoms. The first-order chi connectivity index (χ1) is 15.6. The Kier molecular flexibility index (Phi) is 5.36. The summed E-state index contributed by atoms with van der Waals surface area (Å²) in [5.74, 6) is -0.353. The van der Waals surface area contributed by atoms with E-state index in [1.54, 1.807) is 23.5 Å². The van der Waals surface area contributed by atoms with Crippen molar-refractivity contribution < 1.29 is 9.72 Å². The number of nitro groups is 1. The van der Waals surface area contributed by atoms with Gasteiger partial charge < -0.3 is 15.6 Å². The molecule has 0 saturated heterocycles. The first-order valence-corrected chi connectivity index (χ1v) is 11.4. The third kappa shape index (κ3) is 4.09. The monoisotopic (exact) mass is 446 g/mol. The molecule has 5 rings (SSSR count). The number of H-pyrrole nitrogens is 1. The quantitative estimate of drug-likeness (QED) is 0.253. The fraction of sp³-hybridized carbons (Fsp3) is 0.208. The minimum atomic E-state index is -0.443. The first kappa shape index (κ1) is 20.3. The van der Waals surface area contributed by atoms with Crippen LogP contribution in [0.15, 0.2) is 66.2 Å². The van der Waals surface area contributed by atoms with Crippen LogP contribution in [-0.2, 0) is 0 Å². The van der Waals surface area contributed by atoms with Crippen LogP contribution in [0.25, 0.3) is 10.9 Å². The number of nitrogens with zero attached hydrogens (tertiary/aromatic N) is 1. The highest BCUT2D eigenvalue weighted by Gasteiger charge is 2.26. The van der Waals surface area contributed by atoms with Gasteiger partial charge in [0, 0.05) is 52.1 Å². The number of para-hydroxylation sites is 1. The topological polar surface area (TPSA) is 100 Å². The van der Waals surface area contributed by atoms with Crippen LogP contribution < -0.4 is 10.6 Å². The fourth-order valence-electron chi connectivity index (χ4n) is 3.93. The molecule has 0 spiro atoms. The molecule has 1 amide bonds. The summed E-state index contributed by atoms with van der Waals surface area (Å²) in [5, 5.41) is 20.8. The second-order valence-electron chi connectivity index (χ2n) is 7.98. The van der Waals surface area contributed by atoms with Crippen LogP contribution in [0.5, 0.6) is 0 Å². The van der Waals surface area contributed by atoms with Crippen LogP contribution >= 0.6 is 11.3 Å². The molecule has 1 unspecified atom stereocenters. The SMILES string of the molecule is O=C(NCC(c1cccs1)c1c[nH]c2ccccc12)c1ccc(NC2CC2)c([N+](=O)[O-])c1. The second-order valence-corrected chi connectivity index (χ2v) is 8.95. The number of aromatic nitrogens is 1. The molecule has 4 aromatic rings. The van der Waals surface area contributed by atoms with Gasteiger partial charge in [-0.15, -0.1) is 11.3 Å². The van der Waals surface area contributed by atoms with Crippen LogP contribution in [0.2, 0.25) is 0 Å². The van der Waals surface area contributed by atoms with E-state index in [4.69, 9.17) is 0 Å². The predicted octanol–water partition coefficient (Wildman–Crippen LogP) is 5.27. The summed E-state index contributed by atoms with van der Waals surface area (Å²) in [5.41, 5.74) is 2.82. The van der Waals surface area contributed by atoms with Crippen molar-refractivity contribution in [3.05, 3.63) is 92.3 Å². The second kappa shape index (κ2) is 8.47. The Labute approximate surface area is 188 Å². The van der Waals surface area contributed by atoms with Crippen molar-refractivity contribution in [1.82, 2.24) is 10.3 Å². The highest BCUT2D eigenvalue weighted by Crippen LogP contribution is 2.34. The largest absolute Gasteiger partial charge is 0.377 e. The van der Waals surface area contributed by atoms with Crippen molar-refractivity contribution in [3.63, 3.8) is 0 Å². The number of fused-ring (bicyclic) bond motifs is 1. The molecule has 1 saturated carbocycles. The normalized spacial score (nSPS) is 14.2. The van der Waals surface area contributed by atoms with E-state index in [2.05, 4.69) is 27.8 Å². The van der Waals surface area contributed by atoms with E-state index in [-0.39, 0.29) is 29.1 Å². The van der Waals surface area contributed by atoms with Crippen molar-refractivity contribution in [2.24, 2.45) is 0 Å². The molecule has 162 valence electrons. The Morgan fingerprint density at radius 2 is 2.03 bits per heavy atom. The molecular formula is C24H22N4O3S. The van der Waals surface area contributed by atoms with E-state index in [0.717, 1.165) is 34.2 Å². The number of nitrogens with one attached hydrogen (secondary N) is 3. The zero-order chi connectivity index (χ0) is 22.1. The zero-order valence-electron chi connectivity index (χ0n) is 17.2. The Hall–Kier alpha value is -3.65. The van der Waals surface area contributed by atoms with Gasteiger partial charge in [0.15, 0.2) is 0 Å². The number of hydrogen-bond acceptors (Lipinski definition) is 5. The van der Waals surface area contributed by atoms with E-state index in [1.807, 2.05) is 35.8 Å². The number of anilines is 1. The van der Waals surface area contributed by atoms with Crippen LogP contribution in [0.3, 0.4) is 0 Å². The van der Waals surface area contributed by atoms with E-state index in [1.165, 1.54) is 6.07 Å². The van der Waals surface area contributed by atoms with Crippen LogP contribution in [0.1, 0.15) is 39.6 Å². The number of thiophene rings is 1. The van der Waals surface area contributed by atoms with Gasteiger partial charge in [0.1, 0.15) is 5.69 Å². The highest BCUT2D eigenvalue weighted by molar-refractivity contribution is 7.10. The molecular weight excluding hydrogens is 424 g/mol. The maximum atomic E-state index is 12.9. The summed E-state index contributed by atoms with van der Waals surface area (Å²) in [4.78, 5) is 28.5. The Morgan fingerprint density at radius 1 is 1.19 bits per heavy atom. The number of aromatic amines is 1. The third-order valence-corrected chi connectivity index (χ3v) is 6.73. The minimum absolute atomic E-state index is 0.0270. The summed E-state index contributed by atoms with van der Waals surface area (Å²) in [7, 11) is 0. The number of rotatable bonds is 8. The summed E-state index contributed by atoms with van der Waals surface area (Å²) >= 11 is 1.64. The minimum Gasteiger partial charge on any atom is -0.377 e. The number of carbonyl (C=O) groups excluding carboxylic acids is 1. The lowest BCUT2D eigenvalue weighted by Gasteiger charge is -2.16. The number of hydrogen-bond donors (Lipinski definition) is 3. The maximum Gasteiger partial charge on any atom is 0.293 e. The lowest BCUT2D eigenvalue weighted by atomic mass is 9.96. The van der Waals surface area contributed by atoms with Crippen molar-refractivity contribution in [1.29, 1.82) is 0 Å². The van der Waals surface area contributed by atoms with Crippen LogP contribution in [0, 0.1) is 10.1 Å². The molecule has 3 N–H and O–H groups in total. The maximum absolute atomic E-state index is 12.9. The lowest BCUT2D eigenvalue weighted by molar-refractivity contribution is -0.384. The first-order valence-electron chi connectivity index (χ1n) is 10.5. The summed E-state index contributed by atoms with van der Waals surface area (Å²) < 4.78 is 0. The molecule has 1 aliphatic carbocycles. The molecule has 7 nitrogen and oxygen atoms in total. The molecule has 2 aromatic carbocycles. The molecule has 0 aliphatic heterocycles. The summed E-state index contributed by atoms with van der Waals surface area (Å²) in [6.07, 6.45) is 4.01. The van der Waals surface area contributed by atoms with Crippen molar-refractivity contribution >= 4 is 39.5 Å². The highest BCUT2D eigenvalue weighted by atomic mass is 32.1. The van der Waals surface area contributed by atoms with Gasteiger partial charge in [-0.25, -0.2) is 0 Å². The van der Waals surface area contributed by atoms with Gasteiger partial charge in [-0.3, -0.25) is 14.9 Å². The van der Waals surface area contributed by atoms with E-state index in [9.17, 15) is 14.9 Å². The number of benzene rings is 2. The molecule has 0 bridgehead atoms. The molecule has 2 aromatic heterocycles. The van der Waals surface area contributed by atoms with Crippen molar-refractivity contribution in [2.75, 3.05) is 11.9 Å². The zero-order valence-corrected chi connectivity index (χ0v) is 18.0. The van der Waals surface area contributed by atoms with Gasteiger partial charge in [-0.1, -0.05) is 24.3 Å². The van der Waals surface area contributed by atoms with Gasteiger partial charge in [-0.05, 0) is 48.1 Å². The van der Waals surface area contributed by atoms with Crippen molar-refractivity contribution in [3.8, 4) is 0 Å². The van der Waals surface area contributed by atoms with E-state index < -0.39 is 4.92 Å². The number of nitro benzene ring substituents is 1. The molecule has 1 atom stereocenters.